The Morgan fingerprint density at radius 3 is 2.62 bits per heavy atom. The highest BCUT2D eigenvalue weighted by molar-refractivity contribution is 5.78. The molecule has 0 radical (unpaired) electrons. The summed E-state index contributed by atoms with van der Waals surface area (Å²) >= 11 is 0. The first-order valence-corrected chi connectivity index (χ1v) is 4.08. The van der Waals surface area contributed by atoms with E-state index in [1.807, 2.05) is 0 Å². The standard InChI is InChI=1S/C9H14O4/c1-4-6-12-9(11)7(3)13-8(10)5-2/h4,7H,1,5-6H2,2-3H3. The Labute approximate surface area is 77.5 Å². The van der Waals surface area contributed by atoms with Gasteiger partial charge in [-0.25, -0.2) is 4.79 Å². The molecule has 0 heterocycles. The van der Waals surface area contributed by atoms with Crippen molar-refractivity contribution in [2.75, 3.05) is 6.61 Å². The van der Waals surface area contributed by atoms with Crippen molar-refractivity contribution in [1.82, 2.24) is 0 Å². The number of carbonyl (C=O) groups is 2. The van der Waals surface area contributed by atoms with Crippen LogP contribution in [-0.2, 0) is 19.1 Å². The molecule has 1 unspecified atom stereocenters. The fourth-order valence-electron chi connectivity index (χ4n) is 0.587. The zero-order valence-corrected chi connectivity index (χ0v) is 7.91. The van der Waals surface area contributed by atoms with E-state index < -0.39 is 18.0 Å². The second-order valence-corrected chi connectivity index (χ2v) is 2.40. The average molecular weight is 186 g/mol. The third-order valence-electron chi connectivity index (χ3n) is 1.27. The van der Waals surface area contributed by atoms with Crippen LogP contribution < -0.4 is 0 Å². The summed E-state index contributed by atoms with van der Waals surface area (Å²) in [4.78, 5) is 21.8. The van der Waals surface area contributed by atoms with Crippen LogP contribution in [0.2, 0.25) is 0 Å². The molecule has 0 saturated carbocycles. The van der Waals surface area contributed by atoms with Gasteiger partial charge in [0, 0.05) is 6.42 Å². The number of ether oxygens (including phenoxy) is 2. The van der Waals surface area contributed by atoms with Crippen molar-refractivity contribution in [3.05, 3.63) is 12.7 Å². The molecule has 13 heavy (non-hydrogen) atoms. The molecule has 0 aliphatic carbocycles. The Hall–Kier alpha value is -1.32. The first kappa shape index (κ1) is 11.7. The van der Waals surface area contributed by atoms with Crippen LogP contribution in [0.5, 0.6) is 0 Å². The van der Waals surface area contributed by atoms with Crippen molar-refractivity contribution >= 4 is 11.9 Å². The molecule has 0 bridgehead atoms. The van der Waals surface area contributed by atoms with Crippen molar-refractivity contribution in [2.24, 2.45) is 0 Å². The van der Waals surface area contributed by atoms with Gasteiger partial charge in [0.25, 0.3) is 0 Å². The number of esters is 2. The Balaban J connectivity index is 3.81. The van der Waals surface area contributed by atoms with Gasteiger partial charge in [-0.3, -0.25) is 4.79 Å². The Morgan fingerprint density at radius 1 is 1.54 bits per heavy atom. The second-order valence-electron chi connectivity index (χ2n) is 2.40. The van der Waals surface area contributed by atoms with Crippen LogP contribution in [0.25, 0.3) is 0 Å². The van der Waals surface area contributed by atoms with Gasteiger partial charge in [0.1, 0.15) is 6.61 Å². The summed E-state index contributed by atoms with van der Waals surface area (Å²) < 4.78 is 9.37. The Kier molecular flexibility index (Phi) is 5.59. The molecule has 0 fully saturated rings. The second kappa shape index (κ2) is 6.22. The zero-order valence-electron chi connectivity index (χ0n) is 7.91. The third kappa shape index (κ3) is 5.00. The van der Waals surface area contributed by atoms with Gasteiger partial charge in [0.2, 0.25) is 0 Å². The molecular weight excluding hydrogens is 172 g/mol. The van der Waals surface area contributed by atoms with Crippen LogP contribution in [0.1, 0.15) is 20.3 Å². The van der Waals surface area contributed by atoms with E-state index in [0.717, 1.165) is 0 Å². The summed E-state index contributed by atoms with van der Waals surface area (Å²) in [5.41, 5.74) is 0. The average Bonchev–Trinajstić information content (AvgIpc) is 2.13. The van der Waals surface area contributed by atoms with Crippen molar-refractivity contribution in [2.45, 2.75) is 26.4 Å². The number of carbonyl (C=O) groups excluding carboxylic acids is 2. The molecule has 4 nitrogen and oxygen atoms in total. The highest BCUT2D eigenvalue weighted by Crippen LogP contribution is 1.97. The molecule has 1 atom stereocenters. The maximum absolute atomic E-state index is 11.0. The van der Waals surface area contributed by atoms with Crippen molar-refractivity contribution in [3.63, 3.8) is 0 Å². The highest BCUT2D eigenvalue weighted by Gasteiger charge is 2.17. The monoisotopic (exact) mass is 186 g/mol. The van der Waals surface area contributed by atoms with Crippen molar-refractivity contribution < 1.29 is 19.1 Å². The van der Waals surface area contributed by atoms with Gasteiger partial charge in [-0.05, 0) is 6.92 Å². The first-order chi connectivity index (χ1) is 6.11. The van der Waals surface area contributed by atoms with Crippen LogP contribution in [0.15, 0.2) is 12.7 Å². The fourth-order valence-corrected chi connectivity index (χ4v) is 0.587. The molecule has 0 amide bonds. The molecule has 4 heteroatoms. The summed E-state index contributed by atoms with van der Waals surface area (Å²) in [6.45, 7) is 6.64. The maximum Gasteiger partial charge on any atom is 0.347 e. The minimum atomic E-state index is -0.840. The Bertz CT molecular complexity index is 198. The molecule has 0 aromatic heterocycles. The minimum absolute atomic E-state index is 0.132. The van der Waals surface area contributed by atoms with E-state index in [1.165, 1.54) is 13.0 Å². The predicted octanol–water partition coefficient (Wildman–Crippen LogP) is 1.06. The summed E-state index contributed by atoms with van der Waals surface area (Å²) in [6.07, 6.45) is 0.859. The molecule has 0 N–H and O–H groups in total. The van der Waals surface area contributed by atoms with Crippen LogP contribution in [-0.4, -0.2) is 24.6 Å². The Morgan fingerprint density at radius 2 is 2.15 bits per heavy atom. The van der Waals surface area contributed by atoms with Gasteiger partial charge in [-0.2, -0.15) is 0 Å². The molecule has 0 saturated heterocycles. The van der Waals surface area contributed by atoms with Crippen LogP contribution >= 0.6 is 0 Å². The van der Waals surface area contributed by atoms with E-state index in [9.17, 15) is 9.59 Å². The maximum atomic E-state index is 11.0. The summed E-state index contributed by atoms with van der Waals surface area (Å²) in [5.74, 6) is -0.968. The van der Waals surface area contributed by atoms with Gasteiger partial charge in [0.05, 0.1) is 0 Å². The quantitative estimate of drug-likeness (QED) is 0.476. The van der Waals surface area contributed by atoms with Crippen molar-refractivity contribution in [3.8, 4) is 0 Å². The minimum Gasteiger partial charge on any atom is -0.459 e. The summed E-state index contributed by atoms with van der Waals surface area (Å²) in [6, 6.07) is 0. The molecule has 0 aromatic carbocycles. The van der Waals surface area contributed by atoms with Crippen LogP contribution in [0, 0.1) is 0 Å². The van der Waals surface area contributed by atoms with Gasteiger partial charge in [0.15, 0.2) is 6.10 Å². The smallest absolute Gasteiger partial charge is 0.347 e. The number of hydrogen-bond donors (Lipinski definition) is 0. The lowest BCUT2D eigenvalue weighted by Gasteiger charge is -2.10. The lowest BCUT2D eigenvalue weighted by atomic mass is 10.4. The first-order valence-electron chi connectivity index (χ1n) is 4.08. The third-order valence-corrected chi connectivity index (χ3v) is 1.27. The topological polar surface area (TPSA) is 52.6 Å². The largest absolute Gasteiger partial charge is 0.459 e. The van der Waals surface area contributed by atoms with Gasteiger partial charge in [-0.15, -0.1) is 0 Å². The number of hydrogen-bond acceptors (Lipinski definition) is 4. The molecule has 0 rings (SSSR count). The lowest BCUT2D eigenvalue weighted by Crippen LogP contribution is -2.25. The highest BCUT2D eigenvalue weighted by atomic mass is 16.6. The van der Waals surface area contributed by atoms with Gasteiger partial charge in [-0.1, -0.05) is 19.6 Å². The lowest BCUT2D eigenvalue weighted by molar-refractivity contribution is -0.165. The summed E-state index contributed by atoms with van der Waals surface area (Å²) in [7, 11) is 0. The van der Waals surface area contributed by atoms with E-state index in [-0.39, 0.29) is 13.0 Å². The summed E-state index contributed by atoms with van der Waals surface area (Å²) in [5, 5.41) is 0. The SMILES string of the molecule is C=CCOC(=O)C(C)OC(=O)CC. The van der Waals surface area contributed by atoms with E-state index in [2.05, 4.69) is 11.3 Å². The molecule has 0 aromatic rings. The van der Waals surface area contributed by atoms with E-state index in [1.54, 1.807) is 6.92 Å². The molecule has 0 aliphatic rings. The van der Waals surface area contributed by atoms with E-state index in [4.69, 9.17) is 4.74 Å². The zero-order chi connectivity index (χ0) is 10.3. The van der Waals surface area contributed by atoms with Crippen molar-refractivity contribution in [1.29, 1.82) is 0 Å². The van der Waals surface area contributed by atoms with Crippen LogP contribution in [0.3, 0.4) is 0 Å². The molecule has 0 aliphatic heterocycles. The molecule has 74 valence electrons. The molecule has 0 spiro atoms. The predicted molar refractivity (Wildman–Crippen MR) is 47.0 cm³/mol. The number of rotatable bonds is 5. The normalized spacial score (nSPS) is 11.5. The van der Waals surface area contributed by atoms with E-state index >= 15 is 0 Å². The van der Waals surface area contributed by atoms with Gasteiger partial charge >= 0.3 is 11.9 Å². The van der Waals surface area contributed by atoms with Gasteiger partial charge < -0.3 is 9.47 Å². The van der Waals surface area contributed by atoms with Crippen LogP contribution in [0.4, 0.5) is 0 Å². The fraction of sp³-hybridized carbons (Fsp3) is 0.556. The molecular formula is C9H14O4. The van der Waals surface area contributed by atoms with E-state index in [0.29, 0.717) is 0 Å².